The molecule has 1 aromatic carbocycles. The molecular weight excluding hydrogens is 506 g/mol. The minimum absolute atomic E-state index is 0.0430. The van der Waals surface area contributed by atoms with Crippen LogP contribution in [-0.4, -0.2) is 35.5 Å². The summed E-state index contributed by atoms with van der Waals surface area (Å²) >= 11 is 1.27. The van der Waals surface area contributed by atoms with E-state index in [1.807, 2.05) is 83.1 Å². The van der Waals surface area contributed by atoms with Gasteiger partial charge in [0.05, 0.1) is 21.9 Å². The van der Waals surface area contributed by atoms with Crippen LogP contribution >= 0.6 is 11.3 Å². The van der Waals surface area contributed by atoms with Crippen molar-refractivity contribution in [2.24, 2.45) is 5.41 Å². The van der Waals surface area contributed by atoms with Gasteiger partial charge in [-0.2, -0.15) is 0 Å². The van der Waals surface area contributed by atoms with Crippen LogP contribution in [0, 0.1) is 12.3 Å². The van der Waals surface area contributed by atoms with Crippen LogP contribution < -0.4 is 10.1 Å². The number of ether oxygens (including phenoxy) is 1. The summed E-state index contributed by atoms with van der Waals surface area (Å²) < 4.78 is 18.6. The Kier molecular flexibility index (Phi) is 6.63. The number of benzene rings is 1. The van der Waals surface area contributed by atoms with Crippen LogP contribution in [-0.2, 0) is 15.6 Å². The lowest BCUT2D eigenvalue weighted by Gasteiger charge is -2.37. The average molecular weight is 534 g/mol. The second-order valence-electron chi connectivity index (χ2n) is 9.76. The van der Waals surface area contributed by atoms with E-state index in [0.29, 0.717) is 22.6 Å². The maximum absolute atomic E-state index is 13.5. The molecule has 2 atom stereocenters. The van der Waals surface area contributed by atoms with Crippen molar-refractivity contribution < 1.29 is 13.7 Å². The van der Waals surface area contributed by atoms with E-state index in [1.54, 1.807) is 5.51 Å². The number of carbonyl (C=O) groups excluding carboxylic acids is 1. The van der Waals surface area contributed by atoms with Crippen LogP contribution in [0.3, 0.4) is 0 Å². The Labute approximate surface area is 222 Å². The van der Waals surface area contributed by atoms with E-state index < -0.39 is 16.2 Å². The van der Waals surface area contributed by atoms with Gasteiger partial charge in [-0.3, -0.25) is 9.00 Å². The van der Waals surface area contributed by atoms with E-state index in [9.17, 15) is 9.00 Å². The molecule has 4 heterocycles. The highest BCUT2D eigenvalue weighted by Crippen LogP contribution is 2.51. The SMILES string of the molecule is Cc1ccc2c(n1)Oc1nc(-c3ccc(S(=O)C(C)C)cc3)ccc1[C@H]2C(C)(C)C(=O)Nc1nncs1. The maximum Gasteiger partial charge on any atom is 0.232 e. The molecule has 37 heavy (non-hydrogen) atoms. The van der Waals surface area contributed by atoms with Crippen LogP contribution in [0.1, 0.15) is 50.4 Å². The molecule has 0 saturated heterocycles. The third-order valence-corrected chi connectivity index (χ3v) is 8.63. The van der Waals surface area contributed by atoms with Gasteiger partial charge in [-0.25, -0.2) is 9.97 Å². The number of hydrogen-bond acceptors (Lipinski definition) is 8. The summed E-state index contributed by atoms with van der Waals surface area (Å²) in [6, 6.07) is 15.4. The Bertz CT molecular complexity index is 1480. The highest BCUT2D eigenvalue weighted by molar-refractivity contribution is 7.85. The summed E-state index contributed by atoms with van der Waals surface area (Å²) in [4.78, 5) is 23.7. The number of nitrogens with one attached hydrogen (secondary N) is 1. The topological polar surface area (TPSA) is 107 Å². The Balaban J connectivity index is 1.55. The first-order valence-corrected chi connectivity index (χ1v) is 14.0. The molecule has 8 nitrogen and oxygen atoms in total. The zero-order chi connectivity index (χ0) is 26.3. The normalized spacial score (nSPS) is 15.5. The number of rotatable bonds is 6. The fraction of sp³-hybridized carbons (Fsp3) is 0.296. The van der Waals surface area contributed by atoms with E-state index >= 15 is 0 Å². The summed E-state index contributed by atoms with van der Waals surface area (Å²) in [6.45, 7) is 9.56. The molecule has 1 aliphatic rings. The lowest BCUT2D eigenvalue weighted by molar-refractivity contribution is -0.124. The van der Waals surface area contributed by atoms with Crippen molar-refractivity contribution in [2.75, 3.05) is 5.32 Å². The zero-order valence-electron chi connectivity index (χ0n) is 21.2. The molecule has 1 aliphatic heterocycles. The number of fused-ring (bicyclic) bond motifs is 2. The fourth-order valence-electron chi connectivity index (χ4n) is 4.44. The number of carbonyl (C=O) groups is 1. The standard InChI is InChI=1S/C27H27N5O3S2/c1-15(2)37(34)18-9-7-17(8-10-18)21-13-12-20-22(27(4,5)25(33)31-26-32-28-14-36-26)19-11-6-16(3)29-23(19)35-24(20)30-21/h6-15,22H,1-5H3,(H,31,32,33)/t22-,37?/m0/s1. The molecule has 10 heteroatoms. The zero-order valence-corrected chi connectivity index (χ0v) is 22.8. The lowest BCUT2D eigenvalue weighted by Crippen LogP contribution is -2.38. The quantitative estimate of drug-likeness (QED) is 0.338. The minimum Gasteiger partial charge on any atom is -0.420 e. The van der Waals surface area contributed by atoms with E-state index in [2.05, 4.69) is 20.5 Å². The van der Waals surface area contributed by atoms with Crippen molar-refractivity contribution in [1.82, 2.24) is 20.2 Å². The van der Waals surface area contributed by atoms with Gasteiger partial charge in [0.15, 0.2) is 0 Å². The summed E-state index contributed by atoms with van der Waals surface area (Å²) in [5, 5.41) is 11.1. The highest BCUT2D eigenvalue weighted by atomic mass is 32.2. The van der Waals surface area contributed by atoms with Crippen LogP contribution in [0.25, 0.3) is 11.3 Å². The Morgan fingerprint density at radius 3 is 2.35 bits per heavy atom. The van der Waals surface area contributed by atoms with Gasteiger partial charge in [0, 0.05) is 38.4 Å². The fourth-order valence-corrected chi connectivity index (χ4v) is 5.83. The predicted octanol–water partition coefficient (Wildman–Crippen LogP) is 5.72. The Morgan fingerprint density at radius 1 is 1.03 bits per heavy atom. The first-order chi connectivity index (χ1) is 17.6. The van der Waals surface area contributed by atoms with Gasteiger partial charge in [0.2, 0.25) is 22.8 Å². The molecule has 190 valence electrons. The molecule has 0 radical (unpaired) electrons. The minimum atomic E-state index is -1.06. The monoisotopic (exact) mass is 533 g/mol. The Hall–Kier alpha value is -3.50. The van der Waals surface area contributed by atoms with Gasteiger partial charge >= 0.3 is 0 Å². The maximum atomic E-state index is 13.5. The first-order valence-electron chi connectivity index (χ1n) is 11.9. The predicted molar refractivity (Wildman–Crippen MR) is 144 cm³/mol. The number of nitrogens with zero attached hydrogens (tertiary/aromatic N) is 4. The van der Waals surface area contributed by atoms with Crippen molar-refractivity contribution in [3.05, 3.63) is 70.9 Å². The number of aromatic nitrogens is 4. The molecule has 0 spiro atoms. The number of anilines is 1. The van der Waals surface area contributed by atoms with Crippen LogP contribution in [0.5, 0.6) is 11.8 Å². The largest absolute Gasteiger partial charge is 0.420 e. The third kappa shape index (κ3) is 4.78. The second kappa shape index (κ2) is 9.75. The van der Waals surface area contributed by atoms with Gasteiger partial charge < -0.3 is 10.1 Å². The molecule has 0 bridgehead atoms. The number of aryl methyl sites for hydroxylation is 1. The van der Waals surface area contributed by atoms with Crippen molar-refractivity contribution in [3.63, 3.8) is 0 Å². The molecule has 4 aromatic rings. The first kappa shape index (κ1) is 25.2. The lowest BCUT2D eigenvalue weighted by atomic mass is 9.70. The van der Waals surface area contributed by atoms with E-state index in [4.69, 9.17) is 9.72 Å². The molecular formula is C27H27N5O3S2. The van der Waals surface area contributed by atoms with Crippen molar-refractivity contribution in [1.29, 1.82) is 0 Å². The highest BCUT2D eigenvalue weighted by Gasteiger charge is 2.45. The molecule has 0 fully saturated rings. The molecule has 5 rings (SSSR count). The van der Waals surface area contributed by atoms with Crippen molar-refractivity contribution in [3.8, 4) is 23.0 Å². The molecule has 0 aliphatic carbocycles. The Morgan fingerprint density at radius 2 is 1.70 bits per heavy atom. The van der Waals surface area contributed by atoms with Crippen LogP contribution in [0.4, 0.5) is 5.13 Å². The van der Waals surface area contributed by atoms with Crippen molar-refractivity contribution >= 4 is 33.2 Å². The molecule has 1 amide bonds. The molecule has 1 N–H and O–H groups in total. The smallest absolute Gasteiger partial charge is 0.232 e. The van der Waals surface area contributed by atoms with Gasteiger partial charge in [-0.05, 0) is 31.2 Å². The average Bonchev–Trinajstić information content (AvgIpc) is 3.39. The number of pyridine rings is 2. The molecule has 0 saturated carbocycles. The van der Waals surface area contributed by atoms with Gasteiger partial charge in [0.1, 0.15) is 5.51 Å². The van der Waals surface area contributed by atoms with Gasteiger partial charge in [0.25, 0.3) is 0 Å². The second-order valence-corrected chi connectivity index (χ2v) is 12.6. The van der Waals surface area contributed by atoms with E-state index in [0.717, 1.165) is 27.3 Å². The summed E-state index contributed by atoms with van der Waals surface area (Å²) in [5.41, 5.74) is 4.72. The summed E-state index contributed by atoms with van der Waals surface area (Å²) in [5.74, 6) is 0.317. The van der Waals surface area contributed by atoms with Crippen molar-refractivity contribution in [2.45, 2.75) is 50.7 Å². The van der Waals surface area contributed by atoms with Gasteiger partial charge in [-0.1, -0.05) is 63.3 Å². The summed E-state index contributed by atoms with van der Waals surface area (Å²) in [6.07, 6.45) is 0. The van der Waals surface area contributed by atoms with Gasteiger partial charge in [-0.15, -0.1) is 10.2 Å². The third-order valence-electron chi connectivity index (χ3n) is 6.43. The van der Waals surface area contributed by atoms with Crippen LogP contribution in [0.15, 0.2) is 58.9 Å². The molecule has 3 aromatic heterocycles. The molecule has 1 unspecified atom stereocenters. The number of amides is 1. The van der Waals surface area contributed by atoms with E-state index in [-0.39, 0.29) is 17.1 Å². The summed E-state index contributed by atoms with van der Waals surface area (Å²) in [7, 11) is -1.06. The van der Waals surface area contributed by atoms with E-state index in [1.165, 1.54) is 11.3 Å². The number of hydrogen-bond donors (Lipinski definition) is 1. The van der Waals surface area contributed by atoms with Crippen LogP contribution in [0.2, 0.25) is 0 Å².